The molecule has 1 aromatic carbocycles. The Morgan fingerprint density at radius 1 is 1.46 bits per heavy atom. The lowest BCUT2D eigenvalue weighted by molar-refractivity contribution is 0.319. The van der Waals surface area contributed by atoms with Crippen LogP contribution in [0.3, 0.4) is 0 Å². The van der Waals surface area contributed by atoms with Crippen LogP contribution in [0.15, 0.2) is 24.3 Å². The molecule has 0 unspecified atom stereocenters. The van der Waals surface area contributed by atoms with Crippen molar-refractivity contribution in [3.05, 3.63) is 29.8 Å². The summed E-state index contributed by atoms with van der Waals surface area (Å²) >= 11 is 4.07. The van der Waals surface area contributed by atoms with E-state index in [-0.39, 0.29) is 0 Å². The SMILES string of the molecule is N#Cc1cccc(OCCCS)c1. The van der Waals surface area contributed by atoms with Crippen molar-refractivity contribution >= 4 is 12.6 Å². The molecule has 3 heteroatoms. The second kappa shape index (κ2) is 5.50. The Kier molecular flexibility index (Phi) is 4.20. The van der Waals surface area contributed by atoms with Gasteiger partial charge in [-0.2, -0.15) is 17.9 Å². The minimum Gasteiger partial charge on any atom is -0.494 e. The van der Waals surface area contributed by atoms with Crippen LogP contribution in [-0.2, 0) is 0 Å². The van der Waals surface area contributed by atoms with E-state index >= 15 is 0 Å². The van der Waals surface area contributed by atoms with Crippen LogP contribution in [0, 0.1) is 11.3 Å². The van der Waals surface area contributed by atoms with Gasteiger partial charge in [0, 0.05) is 0 Å². The van der Waals surface area contributed by atoms with E-state index in [1.165, 1.54) is 0 Å². The number of rotatable bonds is 4. The molecule has 0 aromatic heterocycles. The number of hydrogen-bond donors (Lipinski definition) is 1. The number of nitriles is 1. The molecule has 0 atom stereocenters. The molecule has 0 N–H and O–H groups in total. The first-order chi connectivity index (χ1) is 6.36. The van der Waals surface area contributed by atoms with Gasteiger partial charge in [0.15, 0.2) is 0 Å². The first-order valence-corrected chi connectivity index (χ1v) is 4.74. The molecule has 0 saturated heterocycles. The van der Waals surface area contributed by atoms with Gasteiger partial charge >= 0.3 is 0 Å². The molecule has 0 heterocycles. The Morgan fingerprint density at radius 3 is 3.00 bits per heavy atom. The lowest BCUT2D eigenvalue weighted by atomic mass is 10.2. The molecule has 0 aliphatic rings. The predicted molar refractivity (Wildman–Crippen MR) is 55.1 cm³/mol. The van der Waals surface area contributed by atoms with Gasteiger partial charge in [0.2, 0.25) is 0 Å². The minimum absolute atomic E-state index is 0.628. The minimum atomic E-state index is 0.628. The Labute approximate surface area is 83.6 Å². The number of nitrogens with zero attached hydrogens (tertiary/aromatic N) is 1. The van der Waals surface area contributed by atoms with Crippen molar-refractivity contribution < 1.29 is 4.74 Å². The van der Waals surface area contributed by atoms with Crippen LogP contribution in [0.25, 0.3) is 0 Å². The summed E-state index contributed by atoms with van der Waals surface area (Å²) in [5, 5.41) is 8.62. The monoisotopic (exact) mass is 193 g/mol. The second-order valence-corrected chi connectivity index (χ2v) is 3.01. The maximum Gasteiger partial charge on any atom is 0.120 e. The van der Waals surface area contributed by atoms with E-state index in [2.05, 4.69) is 18.7 Å². The summed E-state index contributed by atoms with van der Waals surface area (Å²) in [6.45, 7) is 0.651. The molecular weight excluding hydrogens is 182 g/mol. The standard InChI is InChI=1S/C10H11NOS/c11-8-9-3-1-4-10(7-9)12-5-2-6-13/h1,3-4,7,13H,2,5-6H2. The Hall–Kier alpha value is -1.14. The highest BCUT2D eigenvalue weighted by molar-refractivity contribution is 7.80. The largest absolute Gasteiger partial charge is 0.494 e. The lowest BCUT2D eigenvalue weighted by Crippen LogP contribution is -1.97. The number of hydrogen-bond acceptors (Lipinski definition) is 3. The summed E-state index contributed by atoms with van der Waals surface area (Å²) in [4.78, 5) is 0. The van der Waals surface area contributed by atoms with E-state index in [0.29, 0.717) is 12.2 Å². The zero-order valence-corrected chi connectivity index (χ0v) is 8.13. The average molecular weight is 193 g/mol. The van der Waals surface area contributed by atoms with Crippen LogP contribution in [0.4, 0.5) is 0 Å². The van der Waals surface area contributed by atoms with Gasteiger partial charge in [-0.15, -0.1) is 0 Å². The van der Waals surface area contributed by atoms with Crippen LogP contribution in [-0.4, -0.2) is 12.4 Å². The van der Waals surface area contributed by atoms with Gasteiger partial charge in [-0.1, -0.05) is 6.07 Å². The zero-order chi connectivity index (χ0) is 9.52. The Morgan fingerprint density at radius 2 is 2.31 bits per heavy atom. The summed E-state index contributed by atoms with van der Waals surface area (Å²) in [5.41, 5.74) is 0.628. The lowest BCUT2D eigenvalue weighted by Gasteiger charge is -2.04. The molecule has 1 rings (SSSR count). The van der Waals surface area contributed by atoms with Crippen molar-refractivity contribution in [1.82, 2.24) is 0 Å². The molecule has 0 saturated carbocycles. The summed E-state index contributed by atoms with van der Waals surface area (Å²) in [7, 11) is 0. The van der Waals surface area contributed by atoms with Crippen LogP contribution in [0.2, 0.25) is 0 Å². The van der Waals surface area contributed by atoms with E-state index < -0.39 is 0 Å². The molecule has 68 valence electrons. The van der Waals surface area contributed by atoms with E-state index in [0.717, 1.165) is 17.9 Å². The van der Waals surface area contributed by atoms with Gasteiger partial charge in [-0.3, -0.25) is 0 Å². The quantitative estimate of drug-likeness (QED) is 0.587. The average Bonchev–Trinajstić information content (AvgIpc) is 2.19. The molecule has 13 heavy (non-hydrogen) atoms. The highest BCUT2D eigenvalue weighted by Gasteiger charge is 1.94. The Balaban J connectivity index is 2.52. The number of ether oxygens (including phenoxy) is 1. The van der Waals surface area contributed by atoms with Crippen molar-refractivity contribution in [2.75, 3.05) is 12.4 Å². The first kappa shape index (κ1) is 9.94. The van der Waals surface area contributed by atoms with Crippen molar-refractivity contribution in [1.29, 1.82) is 5.26 Å². The van der Waals surface area contributed by atoms with Gasteiger partial charge in [0.05, 0.1) is 18.2 Å². The maximum absolute atomic E-state index is 8.62. The third kappa shape index (κ3) is 3.39. The number of thiol groups is 1. The van der Waals surface area contributed by atoms with Crippen LogP contribution in [0.1, 0.15) is 12.0 Å². The van der Waals surface area contributed by atoms with Crippen molar-refractivity contribution in [2.45, 2.75) is 6.42 Å². The van der Waals surface area contributed by atoms with E-state index in [9.17, 15) is 0 Å². The van der Waals surface area contributed by atoms with Crippen molar-refractivity contribution in [3.8, 4) is 11.8 Å². The molecule has 0 fully saturated rings. The Bertz CT molecular complexity index is 306. The third-order valence-corrected chi connectivity index (χ3v) is 1.85. The molecule has 0 radical (unpaired) electrons. The van der Waals surface area contributed by atoms with Crippen LogP contribution >= 0.6 is 12.6 Å². The van der Waals surface area contributed by atoms with Gasteiger partial charge in [0.25, 0.3) is 0 Å². The molecule has 0 aliphatic carbocycles. The second-order valence-electron chi connectivity index (χ2n) is 2.57. The van der Waals surface area contributed by atoms with Crippen molar-refractivity contribution in [2.24, 2.45) is 0 Å². The zero-order valence-electron chi connectivity index (χ0n) is 7.23. The topological polar surface area (TPSA) is 33.0 Å². The van der Waals surface area contributed by atoms with Gasteiger partial charge in [-0.25, -0.2) is 0 Å². The summed E-state index contributed by atoms with van der Waals surface area (Å²) in [5.74, 6) is 1.57. The summed E-state index contributed by atoms with van der Waals surface area (Å²) in [6.07, 6.45) is 0.917. The van der Waals surface area contributed by atoms with Gasteiger partial charge < -0.3 is 4.74 Å². The molecular formula is C10H11NOS. The third-order valence-electron chi connectivity index (χ3n) is 1.53. The molecule has 0 bridgehead atoms. The molecule has 0 spiro atoms. The predicted octanol–water partition coefficient (Wildman–Crippen LogP) is 2.26. The highest BCUT2D eigenvalue weighted by Crippen LogP contribution is 2.12. The summed E-state index contributed by atoms with van der Waals surface area (Å²) < 4.78 is 5.39. The van der Waals surface area contributed by atoms with E-state index in [1.54, 1.807) is 12.1 Å². The molecule has 2 nitrogen and oxygen atoms in total. The molecule has 0 aliphatic heterocycles. The van der Waals surface area contributed by atoms with Crippen LogP contribution < -0.4 is 4.74 Å². The van der Waals surface area contributed by atoms with Crippen molar-refractivity contribution in [3.63, 3.8) is 0 Å². The van der Waals surface area contributed by atoms with E-state index in [4.69, 9.17) is 10.00 Å². The summed E-state index contributed by atoms with van der Waals surface area (Å²) in [6, 6.07) is 9.21. The normalized spacial score (nSPS) is 9.23. The van der Waals surface area contributed by atoms with Gasteiger partial charge in [-0.05, 0) is 30.4 Å². The fourth-order valence-electron chi connectivity index (χ4n) is 0.910. The van der Waals surface area contributed by atoms with E-state index in [1.807, 2.05) is 12.1 Å². The number of benzene rings is 1. The molecule has 0 amide bonds. The fourth-order valence-corrected chi connectivity index (χ4v) is 1.04. The maximum atomic E-state index is 8.62. The molecule has 1 aromatic rings. The first-order valence-electron chi connectivity index (χ1n) is 4.10. The van der Waals surface area contributed by atoms with Crippen LogP contribution in [0.5, 0.6) is 5.75 Å². The fraction of sp³-hybridized carbons (Fsp3) is 0.300. The smallest absolute Gasteiger partial charge is 0.120 e. The highest BCUT2D eigenvalue weighted by atomic mass is 32.1. The van der Waals surface area contributed by atoms with Gasteiger partial charge in [0.1, 0.15) is 5.75 Å².